The zero-order valence-corrected chi connectivity index (χ0v) is 14.4. The molecule has 1 aromatic carbocycles. The summed E-state index contributed by atoms with van der Waals surface area (Å²) in [4.78, 5) is 17.1. The van der Waals surface area contributed by atoms with Gasteiger partial charge in [0.15, 0.2) is 0 Å². The fourth-order valence-electron chi connectivity index (χ4n) is 3.80. The van der Waals surface area contributed by atoms with Crippen LogP contribution in [0.5, 0.6) is 5.75 Å². The number of aromatic hydroxyl groups is 1. The summed E-state index contributed by atoms with van der Waals surface area (Å²) in [5.41, 5.74) is 1.12. The lowest BCUT2D eigenvalue weighted by Crippen LogP contribution is -2.47. The highest BCUT2D eigenvalue weighted by Gasteiger charge is 2.27. The lowest BCUT2D eigenvalue weighted by atomic mass is 10.1. The van der Waals surface area contributed by atoms with E-state index in [1.807, 2.05) is 17.0 Å². The number of carbonyl (C=O) groups is 1. The molecule has 0 saturated carbocycles. The maximum atomic E-state index is 12.5. The Kier molecular flexibility index (Phi) is 5.96. The molecule has 1 aromatic rings. The van der Waals surface area contributed by atoms with Gasteiger partial charge in [-0.05, 0) is 62.9 Å². The van der Waals surface area contributed by atoms with E-state index in [1.54, 1.807) is 12.1 Å². The molecule has 0 unspecified atom stereocenters. The van der Waals surface area contributed by atoms with Gasteiger partial charge in [-0.1, -0.05) is 18.6 Å². The van der Waals surface area contributed by atoms with Crippen LogP contribution in [0.3, 0.4) is 0 Å². The van der Waals surface area contributed by atoms with E-state index in [0.29, 0.717) is 12.6 Å². The zero-order chi connectivity index (χ0) is 16.8. The van der Waals surface area contributed by atoms with Gasteiger partial charge in [0, 0.05) is 25.7 Å². The van der Waals surface area contributed by atoms with Crippen LogP contribution in [0.2, 0.25) is 0 Å². The van der Waals surface area contributed by atoms with E-state index < -0.39 is 0 Å². The number of likely N-dealkylation sites (tertiary alicyclic amines) is 2. The normalized spacial score (nSPS) is 22.3. The number of hydrogen-bond donors (Lipinski definition) is 2. The smallest absolute Gasteiger partial charge is 0.317 e. The minimum Gasteiger partial charge on any atom is -0.508 e. The van der Waals surface area contributed by atoms with Gasteiger partial charge in [-0.25, -0.2) is 4.79 Å². The maximum Gasteiger partial charge on any atom is 0.317 e. The Morgan fingerprint density at radius 1 is 1.08 bits per heavy atom. The zero-order valence-electron chi connectivity index (χ0n) is 14.4. The van der Waals surface area contributed by atoms with Crippen molar-refractivity contribution < 1.29 is 9.90 Å². The SMILES string of the molecule is O=C(NCCc1ccc(O)cc1)N1CCCC[C@H](N2CCCC2)C1. The molecule has 2 heterocycles. The summed E-state index contributed by atoms with van der Waals surface area (Å²) in [6.45, 7) is 4.76. The van der Waals surface area contributed by atoms with E-state index in [0.717, 1.165) is 31.5 Å². The van der Waals surface area contributed by atoms with Gasteiger partial charge < -0.3 is 15.3 Å². The quantitative estimate of drug-likeness (QED) is 0.892. The third-order valence-corrected chi connectivity index (χ3v) is 5.22. The van der Waals surface area contributed by atoms with Crippen LogP contribution in [0.25, 0.3) is 0 Å². The average molecular weight is 331 g/mol. The number of benzene rings is 1. The van der Waals surface area contributed by atoms with Crippen molar-refractivity contribution in [1.82, 2.24) is 15.1 Å². The second kappa shape index (κ2) is 8.38. The molecule has 2 amide bonds. The Hall–Kier alpha value is -1.75. The van der Waals surface area contributed by atoms with Gasteiger partial charge in [0.2, 0.25) is 0 Å². The van der Waals surface area contributed by atoms with Crippen LogP contribution in [-0.2, 0) is 6.42 Å². The maximum absolute atomic E-state index is 12.5. The first-order valence-corrected chi connectivity index (χ1v) is 9.27. The van der Waals surface area contributed by atoms with Gasteiger partial charge in [-0.3, -0.25) is 4.90 Å². The van der Waals surface area contributed by atoms with Gasteiger partial charge in [-0.15, -0.1) is 0 Å². The Labute approximate surface area is 144 Å². The molecule has 1 atom stereocenters. The number of carbonyl (C=O) groups excluding carboxylic acids is 1. The van der Waals surface area contributed by atoms with Crippen LogP contribution in [-0.4, -0.2) is 59.7 Å². The Morgan fingerprint density at radius 3 is 2.54 bits per heavy atom. The highest BCUT2D eigenvalue weighted by atomic mass is 16.3. The van der Waals surface area contributed by atoms with E-state index in [2.05, 4.69) is 10.2 Å². The largest absolute Gasteiger partial charge is 0.508 e. The molecule has 3 rings (SSSR count). The molecule has 0 aromatic heterocycles. The third kappa shape index (κ3) is 4.63. The molecule has 5 nitrogen and oxygen atoms in total. The second-order valence-electron chi connectivity index (χ2n) is 6.99. The highest BCUT2D eigenvalue weighted by Crippen LogP contribution is 2.20. The van der Waals surface area contributed by atoms with E-state index in [4.69, 9.17) is 0 Å². The van der Waals surface area contributed by atoms with Gasteiger partial charge in [0.05, 0.1) is 0 Å². The standard InChI is InChI=1S/C19H29N3O2/c23-18-8-6-16(7-9-18)10-11-20-19(24)22-14-2-1-5-17(15-22)21-12-3-4-13-21/h6-9,17,23H,1-5,10-15H2,(H,20,24)/t17-/m0/s1. The van der Waals surface area contributed by atoms with Crippen molar-refractivity contribution in [1.29, 1.82) is 0 Å². The lowest BCUT2D eigenvalue weighted by molar-refractivity contribution is 0.166. The number of hydrogen-bond acceptors (Lipinski definition) is 3. The van der Waals surface area contributed by atoms with Crippen molar-refractivity contribution in [2.45, 2.75) is 44.6 Å². The average Bonchev–Trinajstić information content (AvgIpc) is 3.01. The molecule has 5 heteroatoms. The van der Waals surface area contributed by atoms with Crippen LogP contribution >= 0.6 is 0 Å². The van der Waals surface area contributed by atoms with E-state index in [-0.39, 0.29) is 11.8 Å². The molecule has 0 aliphatic carbocycles. The molecular formula is C19H29N3O2. The summed E-state index contributed by atoms with van der Waals surface area (Å²) < 4.78 is 0. The van der Waals surface area contributed by atoms with Crippen molar-refractivity contribution >= 4 is 6.03 Å². The molecule has 2 saturated heterocycles. The summed E-state index contributed by atoms with van der Waals surface area (Å²) in [7, 11) is 0. The molecular weight excluding hydrogens is 302 g/mol. The van der Waals surface area contributed by atoms with Crippen LogP contribution < -0.4 is 5.32 Å². The Bertz CT molecular complexity index is 526. The fourth-order valence-corrected chi connectivity index (χ4v) is 3.80. The predicted molar refractivity (Wildman–Crippen MR) is 95.2 cm³/mol. The lowest BCUT2D eigenvalue weighted by Gasteiger charge is -2.30. The molecule has 2 fully saturated rings. The fraction of sp³-hybridized carbons (Fsp3) is 0.632. The number of amides is 2. The second-order valence-corrected chi connectivity index (χ2v) is 6.99. The Balaban J connectivity index is 1.46. The van der Waals surface area contributed by atoms with Crippen molar-refractivity contribution in [3.05, 3.63) is 29.8 Å². The van der Waals surface area contributed by atoms with E-state index >= 15 is 0 Å². The summed E-state index contributed by atoms with van der Waals surface area (Å²) in [5.74, 6) is 0.278. The number of nitrogens with one attached hydrogen (secondary N) is 1. The summed E-state index contributed by atoms with van der Waals surface area (Å²) in [6.07, 6.45) is 6.94. The molecule has 2 aliphatic heterocycles. The Morgan fingerprint density at radius 2 is 1.79 bits per heavy atom. The van der Waals surface area contributed by atoms with Gasteiger partial charge >= 0.3 is 6.03 Å². The number of nitrogens with zero attached hydrogens (tertiary/aromatic N) is 2. The minimum absolute atomic E-state index is 0.0693. The predicted octanol–water partition coefficient (Wildman–Crippen LogP) is 2.59. The van der Waals surface area contributed by atoms with E-state index in [9.17, 15) is 9.90 Å². The minimum atomic E-state index is 0.0693. The van der Waals surface area contributed by atoms with Crippen molar-refractivity contribution in [2.24, 2.45) is 0 Å². The number of phenols is 1. The first-order valence-electron chi connectivity index (χ1n) is 9.27. The van der Waals surface area contributed by atoms with Crippen molar-refractivity contribution in [3.63, 3.8) is 0 Å². The first-order chi connectivity index (χ1) is 11.7. The van der Waals surface area contributed by atoms with Gasteiger partial charge in [-0.2, -0.15) is 0 Å². The number of rotatable bonds is 4. The number of urea groups is 1. The molecule has 0 radical (unpaired) electrons. The van der Waals surface area contributed by atoms with Gasteiger partial charge in [0.25, 0.3) is 0 Å². The molecule has 24 heavy (non-hydrogen) atoms. The molecule has 0 spiro atoms. The van der Waals surface area contributed by atoms with Crippen LogP contribution in [0.4, 0.5) is 4.79 Å². The van der Waals surface area contributed by atoms with Crippen molar-refractivity contribution in [2.75, 3.05) is 32.7 Å². The summed E-state index contributed by atoms with van der Waals surface area (Å²) >= 11 is 0. The first kappa shape index (κ1) is 17.1. The highest BCUT2D eigenvalue weighted by molar-refractivity contribution is 5.74. The van der Waals surface area contributed by atoms with Crippen LogP contribution in [0.15, 0.2) is 24.3 Å². The molecule has 2 N–H and O–H groups in total. The molecule has 2 aliphatic rings. The van der Waals surface area contributed by atoms with Gasteiger partial charge in [0.1, 0.15) is 5.75 Å². The summed E-state index contributed by atoms with van der Waals surface area (Å²) in [5, 5.41) is 12.4. The monoisotopic (exact) mass is 331 g/mol. The van der Waals surface area contributed by atoms with Crippen molar-refractivity contribution in [3.8, 4) is 5.75 Å². The summed E-state index contributed by atoms with van der Waals surface area (Å²) in [6, 6.07) is 7.78. The van der Waals surface area contributed by atoms with E-state index in [1.165, 1.54) is 38.8 Å². The van der Waals surface area contributed by atoms with Crippen LogP contribution in [0.1, 0.15) is 37.7 Å². The van der Waals surface area contributed by atoms with Crippen LogP contribution in [0, 0.1) is 0 Å². The molecule has 0 bridgehead atoms. The number of phenolic OH excluding ortho intramolecular Hbond substituents is 1. The molecule has 132 valence electrons. The third-order valence-electron chi connectivity index (χ3n) is 5.22. The topological polar surface area (TPSA) is 55.8 Å².